The zero-order valence-electron chi connectivity index (χ0n) is 15.4. The summed E-state index contributed by atoms with van der Waals surface area (Å²) < 4.78 is 39.7. The van der Waals surface area contributed by atoms with Gasteiger partial charge in [0, 0.05) is 19.5 Å². The number of nitrogens with one attached hydrogen (secondary N) is 2. The zero-order valence-corrected chi connectivity index (χ0v) is 16.2. The molecule has 0 aliphatic rings. The molecule has 0 spiro atoms. The van der Waals surface area contributed by atoms with Crippen LogP contribution in [-0.2, 0) is 27.7 Å². The summed E-state index contributed by atoms with van der Waals surface area (Å²) in [5.74, 6) is -0.310. The third kappa shape index (κ3) is 6.77. The van der Waals surface area contributed by atoms with E-state index >= 15 is 0 Å². The molecule has 0 aromatic heterocycles. The van der Waals surface area contributed by atoms with Gasteiger partial charge in [-0.15, -0.1) is 0 Å². The van der Waals surface area contributed by atoms with Crippen LogP contribution in [0.2, 0.25) is 0 Å². The molecule has 0 aliphatic heterocycles. The number of rotatable bonds is 10. The van der Waals surface area contributed by atoms with Crippen LogP contribution in [-0.4, -0.2) is 27.4 Å². The van der Waals surface area contributed by atoms with Gasteiger partial charge in [-0.05, 0) is 48.6 Å². The SMILES string of the molecule is CCNS(=O)(=O)c1ccc(CCNC(=O)CCCc2ccccc2F)cc1. The lowest BCUT2D eigenvalue weighted by Gasteiger charge is -2.08. The van der Waals surface area contributed by atoms with Gasteiger partial charge in [-0.1, -0.05) is 37.3 Å². The standard InChI is InChI=1S/C20H25FN2O3S/c1-2-23-27(25,26)18-12-10-16(11-13-18)14-15-22-20(24)9-5-7-17-6-3-4-8-19(17)21/h3-4,6,8,10-13,23H,2,5,7,9,14-15H2,1H3,(H,22,24). The zero-order chi connectivity index (χ0) is 19.7. The number of benzene rings is 2. The summed E-state index contributed by atoms with van der Waals surface area (Å²) in [5.41, 5.74) is 1.56. The number of carbonyl (C=O) groups excluding carboxylic acids is 1. The molecule has 27 heavy (non-hydrogen) atoms. The number of carbonyl (C=O) groups is 1. The van der Waals surface area contributed by atoms with E-state index in [9.17, 15) is 17.6 Å². The quantitative estimate of drug-likeness (QED) is 0.653. The first-order valence-electron chi connectivity index (χ1n) is 9.01. The van der Waals surface area contributed by atoms with Gasteiger partial charge in [0.15, 0.2) is 0 Å². The third-order valence-electron chi connectivity index (χ3n) is 4.11. The molecule has 0 aliphatic carbocycles. The topological polar surface area (TPSA) is 75.3 Å². The highest BCUT2D eigenvalue weighted by Gasteiger charge is 2.11. The fourth-order valence-electron chi connectivity index (χ4n) is 2.68. The molecule has 0 unspecified atom stereocenters. The molecule has 0 radical (unpaired) electrons. The maximum Gasteiger partial charge on any atom is 0.240 e. The van der Waals surface area contributed by atoms with Gasteiger partial charge < -0.3 is 5.32 Å². The van der Waals surface area contributed by atoms with E-state index in [0.717, 1.165) is 5.56 Å². The van der Waals surface area contributed by atoms with Gasteiger partial charge in [-0.25, -0.2) is 17.5 Å². The molecule has 2 aromatic carbocycles. The Bertz CT molecular complexity index is 852. The van der Waals surface area contributed by atoms with Crippen LogP contribution in [0.4, 0.5) is 4.39 Å². The smallest absolute Gasteiger partial charge is 0.240 e. The van der Waals surface area contributed by atoms with E-state index in [0.29, 0.717) is 44.3 Å². The fraction of sp³-hybridized carbons (Fsp3) is 0.350. The lowest BCUT2D eigenvalue weighted by atomic mass is 10.1. The van der Waals surface area contributed by atoms with Crippen molar-refractivity contribution >= 4 is 15.9 Å². The average molecular weight is 392 g/mol. The van der Waals surface area contributed by atoms with Crippen LogP contribution in [0.1, 0.15) is 30.9 Å². The number of aryl methyl sites for hydroxylation is 1. The summed E-state index contributed by atoms with van der Waals surface area (Å²) >= 11 is 0. The Morgan fingerprint density at radius 1 is 1.04 bits per heavy atom. The Morgan fingerprint density at radius 3 is 2.41 bits per heavy atom. The number of hydrogen-bond acceptors (Lipinski definition) is 3. The summed E-state index contributed by atoms with van der Waals surface area (Å²) in [6, 6.07) is 13.2. The lowest BCUT2D eigenvalue weighted by Crippen LogP contribution is -2.25. The van der Waals surface area contributed by atoms with Crippen molar-refractivity contribution in [1.29, 1.82) is 0 Å². The average Bonchev–Trinajstić information content (AvgIpc) is 2.64. The fourth-order valence-corrected chi connectivity index (χ4v) is 3.72. The first-order valence-corrected chi connectivity index (χ1v) is 10.5. The molecule has 2 rings (SSSR count). The minimum Gasteiger partial charge on any atom is -0.356 e. The number of amides is 1. The van der Waals surface area contributed by atoms with E-state index in [1.54, 1.807) is 49.4 Å². The maximum atomic E-state index is 13.5. The van der Waals surface area contributed by atoms with Crippen LogP contribution in [0.5, 0.6) is 0 Å². The summed E-state index contributed by atoms with van der Waals surface area (Å²) in [5, 5.41) is 2.83. The highest BCUT2D eigenvalue weighted by molar-refractivity contribution is 7.89. The summed E-state index contributed by atoms with van der Waals surface area (Å²) in [7, 11) is -3.44. The molecule has 146 valence electrons. The van der Waals surface area contributed by atoms with Crippen molar-refractivity contribution in [3.05, 3.63) is 65.5 Å². The summed E-state index contributed by atoms with van der Waals surface area (Å²) in [6.45, 7) is 2.54. The predicted octanol–water partition coefficient (Wildman–Crippen LogP) is 2.81. The number of sulfonamides is 1. The summed E-state index contributed by atoms with van der Waals surface area (Å²) in [6.07, 6.45) is 2.07. The van der Waals surface area contributed by atoms with Gasteiger partial charge in [-0.3, -0.25) is 4.79 Å². The second kappa shape index (κ2) is 10.2. The Morgan fingerprint density at radius 2 is 1.74 bits per heavy atom. The van der Waals surface area contributed by atoms with Gasteiger partial charge in [0.25, 0.3) is 0 Å². The van der Waals surface area contributed by atoms with Crippen LogP contribution < -0.4 is 10.0 Å². The Labute approximate surface area is 160 Å². The van der Waals surface area contributed by atoms with Crippen LogP contribution >= 0.6 is 0 Å². The molecule has 0 atom stereocenters. The van der Waals surface area contributed by atoms with Crippen molar-refractivity contribution < 1.29 is 17.6 Å². The van der Waals surface area contributed by atoms with Crippen molar-refractivity contribution in [2.24, 2.45) is 0 Å². The minimum absolute atomic E-state index is 0.0716. The van der Waals surface area contributed by atoms with E-state index in [1.165, 1.54) is 6.07 Å². The van der Waals surface area contributed by atoms with Gasteiger partial charge in [0.1, 0.15) is 5.82 Å². The highest BCUT2D eigenvalue weighted by Crippen LogP contribution is 2.11. The second-order valence-corrected chi connectivity index (χ2v) is 7.96. The molecule has 0 bridgehead atoms. The van der Waals surface area contributed by atoms with Crippen LogP contribution in [0.25, 0.3) is 0 Å². The van der Waals surface area contributed by atoms with Crippen LogP contribution in [0.3, 0.4) is 0 Å². The van der Waals surface area contributed by atoms with E-state index in [1.807, 2.05) is 0 Å². The predicted molar refractivity (Wildman–Crippen MR) is 103 cm³/mol. The molecule has 5 nitrogen and oxygen atoms in total. The second-order valence-electron chi connectivity index (χ2n) is 6.19. The van der Waals surface area contributed by atoms with Crippen LogP contribution in [0.15, 0.2) is 53.4 Å². The highest BCUT2D eigenvalue weighted by atomic mass is 32.2. The van der Waals surface area contributed by atoms with Crippen LogP contribution in [0, 0.1) is 5.82 Å². The number of halogens is 1. The molecule has 0 saturated carbocycles. The van der Waals surface area contributed by atoms with Crippen molar-refractivity contribution in [2.75, 3.05) is 13.1 Å². The first kappa shape index (κ1) is 21.1. The van der Waals surface area contributed by atoms with Gasteiger partial charge in [0.05, 0.1) is 4.90 Å². The van der Waals surface area contributed by atoms with E-state index < -0.39 is 10.0 Å². The number of hydrogen-bond donors (Lipinski definition) is 2. The maximum absolute atomic E-state index is 13.5. The molecule has 1 amide bonds. The molecule has 2 N–H and O–H groups in total. The third-order valence-corrected chi connectivity index (χ3v) is 5.67. The molecule has 2 aromatic rings. The molecule has 0 saturated heterocycles. The van der Waals surface area contributed by atoms with Crippen molar-refractivity contribution in [3.63, 3.8) is 0 Å². The Hall–Kier alpha value is -2.25. The van der Waals surface area contributed by atoms with Gasteiger partial charge in [0.2, 0.25) is 15.9 Å². The van der Waals surface area contributed by atoms with Crippen molar-refractivity contribution in [1.82, 2.24) is 10.0 Å². The van der Waals surface area contributed by atoms with E-state index in [2.05, 4.69) is 10.0 Å². The first-order chi connectivity index (χ1) is 12.9. The molecule has 7 heteroatoms. The van der Waals surface area contributed by atoms with E-state index in [4.69, 9.17) is 0 Å². The molecule has 0 heterocycles. The molecule has 0 fully saturated rings. The molecular formula is C20H25FN2O3S. The van der Waals surface area contributed by atoms with Gasteiger partial charge >= 0.3 is 0 Å². The molecular weight excluding hydrogens is 367 g/mol. The van der Waals surface area contributed by atoms with Gasteiger partial charge in [-0.2, -0.15) is 0 Å². The largest absolute Gasteiger partial charge is 0.356 e. The minimum atomic E-state index is -3.44. The van der Waals surface area contributed by atoms with Crippen molar-refractivity contribution in [2.45, 2.75) is 37.5 Å². The normalized spacial score (nSPS) is 11.3. The Kier molecular flexibility index (Phi) is 7.94. The van der Waals surface area contributed by atoms with E-state index in [-0.39, 0.29) is 16.6 Å². The lowest BCUT2D eigenvalue weighted by molar-refractivity contribution is -0.121. The van der Waals surface area contributed by atoms with Crippen molar-refractivity contribution in [3.8, 4) is 0 Å². The Balaban J connectivity index is 1.71. The summed E-state index contributed by atoms with van der Waals surface area (Å²) in [4.78, 5) is 12.1. The monoisotopic (exact) mass is 392 g/mol.